The summed E-state index contributed by atoms with van der Waals surface area (Å²) in [6, 6.07) is 15.1. The number of hydrogen-bond donors (Lipinski definition) is 2. The summed E-state index contributed by atoms with van der Waals surface area (Å²) in [7, 11) is 2.18. The van der Waals surface area contributed by atoms with E-state index in [1.165, 1.54) is 18.4 Å². The molecule has 194 valence electrons. The molecule has 8 nitrogen and oxygen atoms in total. The van der Waals surface area contributed by atoms with Crippen LogP contribution in [-0.4, -0.2) is 46.9 Å². The zero-order valence-corrected chi connectivity index (χ0v) is 22.2. The van der Waals surface area contributed by atoms with E-state index in [9.17, 15) is 9.59 Å². The number of benzene rings is 1. The number of nitrogens with one attached hydrogen (secondary N) is 2. The number of carbonyl (C=O) groups is 2. The number of ether oxygens (including phenoxy) is 1. The molecule has 2 aromatic heterocycles. The first-order valence-corrected chi connectivity index (χ1v) is 12.6. The highest BCUT2D eigenvalue weighted by Gasteiger charge is 2.23. The number of urea groups is 1. The molecule has 0 saturated carbocycles. The van der Waals surface area contributed by atoms with Gasteiger partial charge in [-0.3, -0.25) is 20.4 Å². The lowest BCUT2D eigenvalue weighted by Crippen LogP contribution is -2.41. The van der Waals surface area contributed by atoms with E-state index in [0.29, 0.717) is 28.9 Å². The molecule has 0 unspecified atom stereocenters. The second kappa shape index (κ2) is 11.1. The molecule has 3 aromatic rings. The fourth-order valence-corrected chi connectivity index (χ4v) is 4.19. The van der Waals surface area contributed by atoms with E-state index in [4.69, 9.17) is 4.74 Å². The molecular weight excluding hydrogens is 466 g/mol. The normalized spacial score (nSPS) is 14.7. The van der Waals surface area contributed by atoms with Gasteiger partial charge in [0.2, 0.25) is 5.91 Å². The molecular formula is C29H35N5O3. The lowest BCUT2D eigenvalue weighted by Gasteiger charge is -2.29. The zero-order valence-electron chi connectivity index (χ0n) is 22.2. The summed E-state index contributed by atoms with van der Waals surface area (Å²) < 4.78 is 6.08. The molecule has 3 amide bonds. The Labute approximate surface area is 218 Å². The van der Waals surface area contributed by atoms with Crippen LogP contribution in [0.4, 0.5) is 10.6 Å². The summed E-state index contributed by atoms with van der Waals surface area (Å²) in [4.78, 5) is 35.4. The number of pyridine rings is 2. The summed E-state index contributed by atoms with van der Waals surface area (Å²) in [5.41, 5.74) is 3.18. The molecule has 0 spiro atoms. The van der Waals surface area contributed by atoms with Crippen molar-refractivity contribution < 1.29 is 14.3 Å². The van der Waals surface area contributed by atoms with Gasteiger partial charge in [0.15, 0.2) is 0 Å². The van der Waals surface area contributed by atoms with Gasteiger partial charge in [0, 0.05) is 23.2 Å². The van der Waals surface area contributed by atoms with Crippen LogP contribution in [0, 0.1) is 12.3 Å². The maximum absolute atomic E-state index is 12.1. The van der Waals surface area contributed by atoms with Crippen LogP contribution >= 0.6 is 0 Å². The number of amides is 3. The Morgan fingerprint density at radius 2 is 1.73 bits per heavy atom. The van der Waals surface area contributed by atoms with Gasteiger partial charge < -0.3 is 9.64 Å². The average Bonchev–Trinajstić information content (AvgIpc) is 2.86. The highest BCUT2D eigenvalue weighted by molar-refractivity contribution is 6.02. The minimum absolute atomic E-state index is 0.323. The van der Waals surface area contributed by atoms with Gasteiger partial charge in [-0.25, -0.2) is 9.78 Å². The fraction of sp³-hybridized carbons (Fsp3) is 0.379. The Morgan fingerprint density at radius 3 is 2.38 bits per heavy atom. The van der Waals surface area contributed by atoms with Crippen molar-refractivity contribution in [3.8, 4) is 22.8 Å². The van der Waals surface area contributed by atoms with Crippen LogP contribution in [0.5, 0.6) is 11.5 Å². The molecule has 1 aliphatic heterocycles. The van der Waals surface area contributed by atoms with Gasteiger partial charge in [0.05, 0.1) is 11.4 Å². The molecule has 0 radical (unpaired) electrons. The predicted molar refractivity (Wildman–Crippen MR) is 145 cm³/mol. The number of rotatable bonds is 5. The molecule has 1 fully saturated rings. The van der Waals surface area contributed by atoms with Crippen molar-refractivity contribution in [3.05, 3.63) is 66.0 Å². The van der Waals surface area contributed by atoms with E-state index in [1.807, 2.05) is 6.07 Å². The number of imide groups is 1. The smallest absolute Gasteiger partial charge is 0.327 e. The van der Waals surface area contributed by atoms with Crippen molar-refractivity contribution in [2.45, 2.75) is 46.5 Å². The number of hydrogen-bond acceptors (Lipinski definition) is 6. The number of piperidine rings is 1. The Balaban J connectivity index is 1.40. The standard InChI is InChI=1S/C29H35N5O3/c1-19-25(10-11-26(31-19)32-28(36)33-27(35)29(2,3)4)37-23-12-15-30-24(18-23)22-8-6-20(7-9-22)21-13-16-34(5)17-14-21/h6-12,15,18,21H,13-14,16-17H2,1-5H3,(H2,31,32,33,35,36). The minimum Gasteiger partial charge on any atom is -0.455 e. The van der Waals surface area contributed by atoms with Crippen LogP contribution in [0.2, 0.25) is 0 Å². The van der Waals surface area contributed by atoms with Crippen molar-refractivity contribution in [1.29, 1.82) is 0 Å². The van der Waals surface area contributed by atoms with Crippen molar-refractivity contribution in [1.82, 2.24) is 20.2 Å². The molecule has 0 bridgehead atoms. The molecule has 1 saturated heterocycles. The Kier molecular flexibility index (Phi) is 7.88. The third kappa shape index (κ3) is 6.92. The molecule has 8 heteroatoms. The second-order valence-electron chi connectivity index (χ2n) is 10.6. The van der Waals surface area contributed by atoms with Crippen LogP contribution in [0.3, 0.4) is 0 Å². The Hall–Kier alpha value is -3.78. The SMILES string of the molecule is Cc1nc(NC(=O)NC(=O)C(C)(C)C)ccc1Oc1ccnc(-c2ccc(C3CCN(C)CC3)cc2)c1. The van der Waals surface area contributed by atoms with Gasteiger partial charge in [-0.15, -0.1) is 0 Å². The van der Waals surface area contributed by atoms with Crippen molar-refractivity contribution in [2.24, 2.45) is 5.41 Å². The Bertz CT molecular complexity index is 1260. The maximum Gasteiger partial charge on any atom is 0.327 e. The first-order chi connectivity index (χ1) is 17.6. The lowest BCUT2D eigenvalue weighted by atomic mass is 9.89. The van der Waals surface area contributed by atoms with Gasteiger partial charge in [-0.1, -0.05) is 45.0 Å². The van der Waals surface area contributed by atoms with Gasteiger partial charge >= 0.3 is 6.03 Å². The second-order valence-corrected chi connectivity index (χ2v) is 10.6. The number of likely N-dealkylation sites (tertiary alicyclic amines) is 1. The molecule has 0 atom stereocenters. The van der Waals surface area contributed by atoms with E-state index in [0.717, 1.165) is 24.3 Å². The predicted octanol–water partition coefficient (Wildman–Crippen LogP) is 5.75. The van der Waals surface area contributed by atoms with Crippen LogP contribution in [-0.2, 0) is 4.79 Å². The van der Waals surface area contributed by atoms with Crippen LogP contribution in [0.25, 0.3) is 11.3 Å². The molecule has 1 aromatic carbocycles. The first kappa shape index (κ1) is 26.3. The average molecular weight is 502 g/mol. The first-order valence-electron chi connectivity index (χ1n) is 12.6. The van der Waals surface area contributed by atoms with Crippen molar-refractivity contribution in [2.75, 3.05) is 25.5 Å². The third-order valence-corrected chi connectivity index (χ3v) is 6.54. The Morgan fingerprint density at radius 1 is 1.03 bits per heavy atom. The van der Waals surface area contributed by atoms with Crippen LogP contribution in [0.15, 0.2) is 54.7 Å². The van der Waals surface area contributed by atoms with E-state index in [-0.39, 0.29) is 5.91 Å². The quantitative estimate of drug-likeness (QED) is 0.462. The van der Waals surface area contributed by atoms with Crippen LogP contribution in [0.1, 0.15) is 50.8 Å². The highest BCUT2D eigenvalue weighted by Crippen LogP contribution is 2.31. The molecule has 37 heavy (non-hydrogen) atoms. The van der Waals surface area contributed by atoms with Gasteiger partial charge in [0.25, 0.3) is 0 Å². The number of nitrogens with zero attached hydrogens (tertiary/aromatic N) is 3. The minimum atomic E-state index is -0.670. The summed E-state index contributed by atoms with van der Waals surface area (Å²) in [5.74, 6) is 1.77. The van der Waals surface area contributed by atoms with Gasteiger partial charge in [-0.05, 0) is 69.6 Å². The number of aryl methyl sites for hydroxylation is 1. The molecule has 2 N–H and O–H groups in total. The molecule has 4 rings (SSSR count). The summed E-state index contributed by atoms with van der Waals surface area (Å²) in [6.45, 7) is 9.29. The molecule has 1 aliphatic rings. The summed E-state index contributed by atoms with van der Waals surface area (Å²) in [6.07, 6.45) is 4.11. The molecule has 0 aliphatic carbocycles. The monoisotopic (exact) mass is 501 g/mol. The zero-order chi connectivity index (χ0) is 26.6. The molecule has 3 heterocycles. The maximum atomic E-state index is 12.1. The van der Waals surface area contributed by atoms with Crippen molar-refractivity contribution in [3.63, 3.8) is 0 Å². The fourth-order valence-electron chi connectivity index (χ4n) is 4.19. The van der Waals surface area contributed by atoms with E-state index < -0.39 is 11.4 Å². The van der Waals surface area contributed by atoms with E-state index >= 15 is 0 Å². The third-order valence-electron chi connectivity index (χ3n) is 6.54. The van der Waals surface area contributed by atoms with E-state index in [1.54, 1.807) is 52.1 Å². The lowest BCUT2D eigenvalue weighted by molar-refractivity contribution is -0.127. The summed E-state index contributed by atoms with van der Waals surface area (Å²) >= 11 is 0. The van der Waals surface area contributed by atoms with E-state index in [2.05, 4.69) is 56.8 Å². The van der Waals surface area contributed by atoms with Crippen molar-refractivity contribution >= 4 is 17.8 Å². The number of anilines is 1. The topological polar surface area (TPSA) is 96.5 Å². The van der Waals surface area contributed by atoms with Gasteiger partial charge in [0.1, 0.15) is 17.3 Å². The van der Waals surface area contributed by atoms with Crippen LogP contribution < -0.4 is 15.4 Å². The highest BCUT2D eigenvalue weighted by atomic mass is 16.5. The number of carbonyl (C=O) groups excluding carboxylic acids is 2. The summed E-state index contributed by atoms with van der Waals surface area (Å²) in [5, 5.41) is 4.91. The largest absolute Gasteiger partial charge is 0.455 e. The van der Waals surface area contributed by atoms with Gasteiger partial charge in [-0.2, -0.15) is 0 Å². The number of aromatic nitrogens is 2.